The summed E-state index contributed by atoms with van der Waals surface area (Å²) in [5.74, 6) is 0. The molecule has 0 fully saturated rings. The number of rotatable bonds is 17. The van der Waals surface area contributed by atoms with E-state index < -0.39 is 0 Å². The third-order valence-electron chi connectivity index (χ3n) is 6.26. The maximum absolute atomic E-state index is 2.61. The molecule has 0 aromatic heterocycles. The lowest BCUT2D eigenvalue weighted by molar-refractivity contribution is 0.273. The smallest absolute Gasteiger partial charge is 0.105 e. The quantitative estimate of drug-likeness (QED) is 0.243. The van der Waals surface area contributed by atoms with E-state index in [0.29, 0.717) is 6.17 Å². The molecule has 1 atom stereocenters. The molecule has 1 aromatic rings. The van der Waals surface area contributed by atoms with Crippen molar-refractivity contribution >= 4 is 5.69 Å². The molecule has 2 heteroatoms. The second-order valence-corrected chi connectivity index (χ2v) is 8.79. The molecule has 0 saturated carbocycles. The molecule has 29 heavy (non-hydrogen) atoms. The van der Waals surface area contributed by atoms with Crippen LogP contribution in [0.25, 0.3) is 0 Å². The lowest BCUT2D eigenvalue weighted by Gasteiger charge is -2.33. The van der Waals surface area contributed by atoms with Crippen molar-refractivity contribution in [2.24, 2.45) is 0 Å². The molecule has 0 radical (unpaired) electrons. The largest absolute Gasteiger partial charge is 0.356 e. The van der Waals surface area contributed by atoms with Gasteiger partial charge in [-0.2, -0.15) is 0 Å². The molecule has 1 unspecified atom stereocenters. The van der Waals surface area contributed by atoms with Crippen molar-refractivity contribution in [3.05, 3.63) is 42.7 Å². The standard InChI is InChI=1S/C27H46N2/c1-3-5-7-9-11-13-18-22-27-28(23-19-14-12-10-8-6-4-2)24-25-29(27)26-20-16-15-17-21-26/h15-17,20-21,24-25,27H,3-14,18-19,22-23H2,1-2H3. The average molecular weight is 399 g/mol. The minimum Gasteiger partial charge on any atom is -0.356 e. The van der Waals surface area contributed by atoms with Crippen LogP contribution in [-0.4, -0.2) is 17.6 Å². The second-order valence-electron chi connectivity index (χ2n) is 8.79. The predicted molar refractivity (Wildman–Crippen MR) is 129 cm³/mol. The lowest BCUT2D eigenvalue weighted by Crippen LogP contribution is -2.39. The van der Waals surface area contributed by atoms with Crippen molar-refractivity contribution in [3.63, 3.8) is 0 Å². The van der Waals surface area contributed by atoms with Gasteiger partial charge in [-0.1, -0.05) is 109 Å². The molecule has 0 N–H and O–H groups in total. The van der Waals surface area contributed by atoms with Gasteiger partial charge in [-0.3, -0.25) is 0 Å². The Morgan fingerprint density at radius 3 is 1.79 bits per heavy atom. The Bertz CT molecular complexity index is 525. The summed E-state index contributed by atoms with van der Waals surface area (Å²) >= 11 is 0. The van der Waals surface area contributed by atoms with E-state index in [2.05, 4.69) is 66.4 Å². The lowest BCUT2D eigenvalue weighted by atomic mass is 10.1. The molecule has 2 rings (SSSR count). The number of hydrogen-bond acceptors (Lipinski definition) is 2. The van der Waals surface area contributed by atoms with Crippen LogP contribution in [0.15, 0.2) is 42.7 Å². The summed E-state index contributed by atoms with van der Waals surface area (Å²) in [5, 5.41) is 0. The van der Waals surface area contributed by atoms with E-state index in [1.807, 2.05) is 0 Å². The fraction of sp³-hybridized carbons (Fsp3) is 0.704. The Morgan fingerprint density at radius 2 is 1.17 bits per heavy atom. The molecule has 0 bridgehead atoms. The first-order chi connectivity index (χ1) is 14.4. The summed E-state index contributed by atoms with van der Waals surface area (Å²) in [6.07, 6.45) is 25.8. The zero-order valence-electron chi connectivity index (χ0n) is 19.3. The van der Waals surface area contributed by atoms with E-state index in [-0.39, 0.29) is 0 Å². The van der Waals surface area contributed by atoms with E-state index in [9.17, 15) is 0 Å². The summed E-state index contributed by atoms with van der Waals surface area (Å²) in [6.45, 7) is 5.80. The molecule has 0 amide bonds. The minimum atomic E-state index is 0.508. The van der Waals surface area contributed by atoms with Crippen LogP contribution in [0.5, 0.6) is 0 Å². The molecule has 0 spiro atoms. The highest BCUT2D eigenvalue weighted by atomic mass is 15.4. The van der Waals surface area contributed by atoms with Gasteiger partial charge in [0.05, 0.1) is 0 Å². The van der Waals surface area contributed by atoms with Gasteiger partial charge in [-0.25, -0.2) is 0 Å². The molecule has 1 aliphatic rings. The van der Waals surface area contributed by atoms with Gasteiger partial charge in [-0.15, -0.1) is 0 Å². The monoisotopic (exact) mass is 398 g/mol. The van der Waals surface area contributed by atoms with E-state index >= 15 is 0 Å². The third-order valence-corrected chi connectivity index (χ3v) is 6.26. The predicted octanol–water partition coefficient (Wildman–Crippen LogP) is 8.50. The van der Waals surface area contributed by atoms with Crippen LogP contribution >= 0.6 is 0 Å². The number of benzene rings is 1. The maximum atomic E-state index is 2.61. The number of para-hydroxylation sites is 1. The highest BCUT2D eigenvalue weighted by Crippen LogP contribution is 2.28. The summed E-state index contributed by atoms with van der Waals surface area (Å²) in [5.41, 5.74) is 1.33. The Hall–Kier alpha value is -1.44. The molecule has 164 valence electrons. The second kappa shape index (κ2) is 15.4. The van der Waals surface area contributed by atoms with Gasteiger partial charge in [0.25, 0.3) is 0 Å². The van der Waals surface area contributed by atoms with E-state index in [4.69, 9.17) is 0 Å². The van der Waals surface area contributed by atoms with Crippen molar-refractivity contribution in [1.29, 1.82) is 0 Å². The number of unbranched alkanes of at least 4 members (excludes halogenated alkanes) is 12. The Morgan fingerprint density at radius 1 is 0.621 bits per heavy atom. The molecular formula is C27H46N2. The van der Waals surface area contributed by atoms with Crippen LogP contribution in [0.3, 0.4) is 0 Å². The normalized spacial score (nSPS) is 16.1. The van der Waals surface area contributed by atoms with Gasteiger partial charge in [-0.05, 0) is 31.4 Å². The average Bonchev–Trinajstić information content (AvgIpc) is 3.16. The van der Waals surface area contributed by atoms with E-state index in [1.165, 1.54) is 109 Å². The van der Waals surface area contributed by atoms with Gasteiger partial charge in [0.15, 0.2) is 0 Å². The topological polar surface area (TPSA) is 6.48 Å². The number of anilines is 1. The minimum absolute atomic E-state index is 0.508. The van der Waals surface area contributed by atoms with Gasteiger partial charge in [0.2, 0.25) is 0 Å². The zero-order valence-corrected chi connectivity index (χ0v) is 19.3. The van der Waals surface area contributed by atoms with Crippen LogP contribution in [0, 0.1) is 0 Å². The molecule has 1 aliphatic heterocycles. The van der Waals surface area contributed by atoms with Gasteiger partial charge in [0.1, 0.15) is 6.17 Å². The Labute approximate surface area is 181 Å². The molecular weight excluding hydrogens is 352 g/mol. The third kappa shape index (κ3) is 9.28. The summed E-state index contributed by atoms with van der Waals surface area (Å²) in [4.78, 5) is 5.11. The Kier molecular flexibility index (Phi) is 12.7. The highest BCUT2D eigenvalue weighted by molar-refractivity contribution is 5.51. The molecule has 2 nitrogen and oxygen atoms in total. The first-order valence-corrected chi connectivity index (χ1v) is 12.6. The van der Waals surface area contributed by atoms with E-state index in [0.717, 1.165) is 0 Å². The van der Waals surface area contributed by atoms with Crippen LogP contribution < -0.4 is 4.90 Å². The van der Waals surface area contributed by atoms with E-state index in [1.54, 1.807) is 0 Å². The summed E-state index contributed by atoms with van der Waals surface area (Å²) < 4.78 is 0. The van der Waals surface area contributed by atoms with Crippen molar-refractivity contribution in [2.45, 2.75) is 116 Å². The van der Waals surface area contributed by atoms with Gasteiger partial charge in [0, 0.05) is 24.6 Å². The summed E-state index contributed by atoms with van der Waals surface area (Å²) in [7, 11) is 0. The molecule has 0 saturated heterocycles. The molecule has 0 aliphatic carbocycles. The van der Waals surface area contributed by atoms with Crippen molar-refractivity contribution in [2.75, 3.05) is 11.4 Å². The molecule has 1 aromatic carbocycles. The summed E-state index contributed by atoms with van der Waals surface area (Å²) in [6, 6.07) is 10.9. The zero-order chi connectivity index (χ0) is 20.6. The van der Waals surface area contributed by atoms with Gasteiger partial charge < -0.3 is 9.80 Å². The van der Waals surface area contributed by atoms with Crippen LogP contribution in [0.4, 0.5) is 5.69 Å². The van der Waals surface area contributed by atoms with Crippen LogP contribution in [-0.2, 0) is 0 Å². The van der Waals surface area contributed by atoms with Crippen molar-refractivity contribution < 1.29 is 0 Å². The van der Waals surface area contributed by atoms with Crippen molar-refractivity contribution in [1.82, 2.24) is 4.90 Å². The Balaban J connectivity index is 1.76. The fourth-order valence-electron chi connectivity index (χ4n) is 4.44. The first-order valence-electron chi connectivity index (χ1n) is 12.6. The molecule has 1 heterocycles. The van der Waals surface area contributed by atoms with Crippen molar-refractivity contribution in [3.8, 4) is 0 Å². The highest BCUT2D eigenvalue weighted by Gasteiger charge is 2.26. The number of nitrogens with zero attached hydrogens (tertiary/aromatic N) is 2. The van der Waals surface area contributed by atoms with Gasteiger partial charge >= 0.3 is 0 Å². The first kappa shape index (κ1) is 23.8. The SMILES string of the molecule is CCCCCCCCCC1N(CCCCCCCCC)C=CN1c1ccccc1. The van der Waals surface area contributed by atoms with Crippen LogP contribution in [0.1, 0.15) is 110 Å². The number of hydrogen-bond donors (Lipinski definition) is 0. The van der Waals surface area contributed by atoms with Crippen LogP contribution in [0.2, 0.25) is 0 Å². The fourth-order valence-corrected chi connectivity index (χ4v) is 4.44. The maximum Gasteiger partial charge on any atom is 0.105 e.